The molecule has 2 N–H and O–H groups in total. The Morgan fingerprint density at radius 2 is 1.85 bits per heavy atom. The third-order valence-electron chi connectivity index (χ3n) is 4.47. The summed E-state index contributed by atoms with van der Waals surface area (Å²) in [4.78, 5) is 12.1. The van der Waals surface area contributed by atoms with Gasteiger partial charge in [0.2, 0.25) is 0 Å². The molecule has 5 nitrogen and oxygen atoms in total. The second-order valence-electron chi connectivity index (χ2n) is 7.03. The van der Waals surface area contributed by atoms with Crippen molar-refractivity contribution in [2.45, 2.75) is 45.6 Å². The van der Waals surface area contributed by atoms with E-state index in [-0.39, 0.29) is 12.1 Å². The van der Waals surface area contributed by atoms with Crippen LogP contribution in [0, 0.1) is 0 Å². The van der Waals surface area contributed by atoms with Gasteiger partial charge in [-0.1, -0.05) is 18.2 Å². The van der Waals surface area contributed by atoms with Crippen molar-refractivity contribution in [3.63, 3.8) is 0 Å². The first-order valence-corrected chi connectivity index (χ1v) is 9.67. The van der Waals surface area contributed by atoms with Crippen LogP contribution >= 0.6 is 0 Å². The van der Waals surface area contributed by atoms with E-state index >= 15 is 0 Å². The highest BCUT2D eigenvalue weighted by Crippen LogP contribution is 2.26. The van der Waals surface area contributed by atoms with Crippen molar-refractivity contribution in [3.8, 4) is 11.5 Å². The summed E-state index contributed by atoms with van der Waals surface area (Å²) in [5.74, 6) is 1.53. The molecule has 0 aliphatic heterocycles. The number of anilines is 1. The zero-order valence-corrected chi connectivity index (χ0v) is 16.1. The molecule has 0 atom stereocenters. The third kappa shape index (κ3) is 5.64. The molecule has 2 amide bonds. The summed E-state index contributed by atoms with van der Waals surface area (Å²) in [7, 11) is 0. The Labute approximate surface area is 161 Å². The van der Waals surface area contributed by atoms with Crippen LogP contribution in [0.25, 0.3) is 0 Å². The highest BCUT2D eigenvalue weighted by Gasteiger charge is 2.10. The monoisotopic (exact) mass is 368 g/mol. The van der Waals surface area contributed by atoms with E-state index in [0.717, 1.165) is 12.2 Å². The van der Waals surface area contributed by atoms with Crippen LogP contribution in [0.4, 0.5) is 10.5 Å². The van der Waals surface area contributed by atoms with Crippen molar-refractivity contribution >= 4 is 11.7 Å². The van der Waals surface area contributed by atoms with Crippen LogP contribution in [0.3, 0.4) is 0 Å². The minimum atomic E-state index is -0.274. The lowest BCUT2D eigenvalue weighted by molar-refractivity contribution is 0.240. The molecule has 144 valence electrons. The Bertz CT molecular complexity index is 774. The molecule has 2 aromatic rings. The molecular weight excluding hydrogens is 340 g/mol. The maximum atomic E-state index is 12.1. The molecule has 1 aliphatic carbocycles. The zero-order chi connectivity index (χ0) is 19.1. The molecular formula is C22H28N2O3. The molecule has 0 heterocycles. The lowest BCUT2D eigenvalue weighted by Crippen LogP contribution is -2.32. The number of nitrogens with one attached hydrogen (secondary N) is 2. The van der Waals surface area contributed by atoms with Gasteiger partial charge < -0.3 is 20.1 Å². The van der Waals surface area contributed by atoms with E-state index < -0.39 is 0 Å². The van der Waals surface area contributed by atoms with E-state index in [9.17, 15) is 4.79 Å². The molecule has 0 fully saturated rings. The number of hydrogen-bond acceptors (Lipinski definition) is 3. The number of aryl methyl sites for hydroxylation is 2. The topological polar surface area (TPSA) is 59.6 Å². The molecule has 0 unspecified atom stereocenters. The summed E-state index contributed by atoms with van der Waals surface area (Å²) < 4.78 is 11.5. The molecule has 27 heavy (non-hydrogen) atoms. The first kappa shape index (κ1) is 19.1. The number of hydrogen-bond donors (Lipinski definition) is 2. The number of fused-ring (bicyclic) bond motifs is 1. The van der Waals surface area contributed by atoms with E-state index in [4.69, 9.17) is 9.47 Å². The van der Waals surface area contributed by atoms with Crippen molar-refractivity contribution in [2.24, 2.45) is 0 Å². The van der Waals surface area contributed by atoms with Gasteiger partial charge in [-0.2, -0.15) is 0 Å². The lowest BCUT2D eigenvalue weighted by Gasteiger charge is -2.17. The van der Waals surface area contributed by atoms with Crippen molar-refractivity contribution < 1.29 is 14.3 Å². The maximum Gasteiger partial charge on any atom is 0.319 e. The summed E-state index contributed by atoms with van der Waals surface area (Å²) in [6, 6.07) is 13.4. The number of benzene rings is 2. The molecule has 0 radical (unpaired) electrons. The Kier molecular flexibility index (Phi) is 6.58. The molecule has 0 saturated carbocycles. The van der Waals surface area contributed by atoms with Crippen LogP contribution in [0.1, 0.15) is 37.8 Å². The van der Waals surface area contributed by atoms with Crippen LogP contribution < -0.4 is 20.1 Å². The molecule has 0 bridgehead atoms. The minimum Gasteiger partial charge on any atom is -0.492 e. The van der Waals surface area contributed by atoms with Gasteiger partial charge in [0.15, 0.2) is 0 Å². The normalized spacial score (nSPS) is 13.0. The molecule has 0 saturated heterocycles. The second-order valence-corrected chi connectivity index (χ2v) is 7.03. The standard InChI is InChI=1S/C22H28N2O3/c1-16(2)27-21-10-6-5-9-20(21)24-22(25)23-13-14-26-19-12-11-17-7-3-4-8-18(17)15-19/h5-6,9-12,15-16H,3-4,7-8,13-14H2,1-2H3,(H2,23,24,25). The number of carbonyl (C=O) groups excluding carboxylic acids is 1. The van der Waals surface area contributed by atoms with Crippen molar-refractivity contribution in [1.29, 1.82) is 0 Å². The minimum absolute atomic E-state index is 0.0426. The largest absolute Gasteiger partial charge is 0.492 e. The summed E-state index contributed by atoms with van der Waals surface area (Å²) in [5, 5.41) is 5.64. The third-order valence-corrected chi connectivity index (χ3v) is 4.47. The van der Waals surface area contributed by atoms with E-state index in [1.54, 1.807) is 0 Å². The molecule has 0 aromatic heterocycles. The van der Waals surface area contributed by atoms with Gasteiger partial charge in [-0.15, -0.1) is 0 Å². The number of carbonyl (C=O) groups is 1. The summed E-state index contributed by atoms with van der Waals surface area (Å²) in [6.45, 7) is 4.76. The molecule has 5 heteroatoms. The number of para-hydroxylation sites is 2. The van der Waals surface area contributed by atoms with Crippen molar-refractivity contribution in [1.82, 2.24) is 5.32 Å². The van der Waals surface area contributed by atoms with Gasteiger partial charge in [-0.05, 0) is 74.9 Å². The van der Waals surface area contributed by atoms with Gasteiger partial charge >= 0.3 is 6.03 Å². The Balaban J connectivity index is 1.44. The van der Waals surface area contributed by atoms with Gasteiger partial charge in [0.05, 0.1) is 18.3 Å². The van der Waals surface area contributed by atoms with E-state index in [0.29, 0.717) is 24.6 Å². The fourth-order valence-electron chi connectivity index (χ4n) is 3.23. The highest BCUT2D eigenvalue weighted by atomic mass is 16.5. The summed E-state index contributed by atoms with van der Waals surface area (Å²) in [6.07, 6.45) is 4.86. The van der Waals surface area contributed by atoms with Crippen LogP contribution in [0.5, 0.6) is 11.5 Å². The summed E-state index contributed by atoms with van der Waals surface area (Å²) >= 11 is 0. The molecule has 3 rings (SSSR count). The maximum absolute atomic E-state index is 12.1. The van der Waals surface area contributed by atoms with Crippen molar-refractivity contribution in [3.05, 3.63) is 53.6 Å². The summed E-state index contributed by atoms with van der Waals surface area (Å²) in [5.41, 5.74) is 3.49. The number of rotatable bonds is 7. The lowest BCUT2D eigenvalue weighted by atomic mass is 9.92. The van der Waals surface area contributed by atoms with Crippen LogP contribution in [-0.4, -0.2) is 25.3 Å². The van der Waals surface area contributed by atoms with Gasteiger partial charge in [0.1, 0.15) is 18.1 Å². The van der Waals surface area contributed by atoms with Crippen LogP contribution in [0.15, 0.2) is 42.5 Å². The molecule has 1 aliphatic rings. The Morgan fingerprint density at radius 1 is 1.07 bits per heavy atom. The fraction of sp³-hybridized carbons (Fsp3) is 0.409. The first-order valence-electron chi connectivity index (χ1n) is 9.67. The predicted molar refractivity (Wildman–Crippen MR) is 108 cm³/mol. The predicted octanol–water partition coefficient (Wildman–Crippen LogP) is 4.55. The van der Waals surface area contributed by atoms with Gasteiger partial charge in [0, 0.05) is 0 Å². The molecule has 2 aromatic carbocycles. The van der Waals surface area contributed by atoms with E-state index in [1.807, 2.05) is 44.2 Å². The highest BCUT2D eigenvalue weighted by molar-refractivity contribution is 5.90. The van der Waals surface area contributed by atoms with Crippen molar-refractivity contribution in [2.75, 3.05) is 18.5 Å². The fourth-order valence-corrected chi connectivity index (χ4v) is 3.23. The van der Waals surface area contributed by atoms with E-state index in [2.05, 4.69) is 22.8 Å². The smallest absolute Gasteiger partial charge is 0.319 e. The SMILES string of the molecule is CC(C)Oc1ccccc1NC(=O)NCCOc1ccc2c(c1)CCCC2. The average molecular weight is 368 g/mol. The average Bonchev–Trinajstić information content (AvgIpc) is 2.66. The number of amides is 2. The number of urea groups is 1. The Hall–Kier alpha value is -2.69. The van der Waals surface area contributed by atoms with Crippen LogP contribution in [-0.2, 0) is 12.8 Å². The quantitative estimate of drug-likeness (QED) is 0.705. The zero-order valence-electron chi connectivity index (χ0n) is 16.1. The van der Waals surface area contributed by atoms with Crippen LogP contribution in [0.2, 0.25) is 0 Å². The van der Waals surface area contributed by atoms with E-state index in [1.165, 1.54) is 30.4 Å². The van der Waals surface area contributed by atoms with Gasteiger partial charge in [-0.3, -0.25) is 0 Å². The first-order chi connectivity index (χ1) is 13.1. The van der Waals surface area contributed by atoms with Gasteiger partial charge in [-0.25, -0.2) is 4.79 Å². The Morgan fingerprint density at radius 3 is 2.67 bits per heavy atom. The number of ether oxygens (including phenoxy) is 2. The van der Waals surface area contributed by atoms with Gasteiger partial charge in [0.25, 0.3) is 0 Å². The second kappa shape index (κ2) is 9.31. The molecule has 0 spiro atoms.